The summed E-state index contributed by atoms with van der Waals surface area (Å²) in [4.78, 5) is 0.783. The van der Waals surface area contributed by atoms with Crippen molar-refractivity contribution in [1.82, 2.24) is 29.6 Å². The number of fused-ring (bicyclic) bond motifs is 1. The van der Waals surface area contributed by atoms with E-state index >= 15 is 0 Å². The molecule has 0 unspecified atom stereocenters. The standard InChI is InChI=1S/C16H16N6S/c1-10(2)12-9-13(21(3)19-12)15-20-22-14(17-18-16(22)23-15)11-7-5-4-6-8-11/h4-10H,1-3H3. The fourth-order valence-electron chi connectivity index (χ4n) is 2.46. The lowest BCUT2D eigenvalue weighted by molar-refractivity contribution is 0.716. The Bertz CT molecular complexity index is 963. The average molecular weight is 324 g/mol. The monoisotopic (exact) mass is 324 g/mol. The molecule has 116 valence electrons. The van der Waals surface area contributed by atoms with Crippen LogP contribution in [0.15, 0.2) is 36.4 Å². The van der Waals surface area contributed by atoms with Gasteiger partial charge in [0.25, 0.3) is 0 Å². The molecule has 0 saturated heterocycles. The largest absolute Gasteiger partial charge is 0.265 e. The molecule has 0 N–H and O–H groups in total. The van der Waals surface area contributed by atoms with Crippen LogP contribution in [0.2, 0.25) is 0 Å². The zero-order valence-electron chi connectivity index (χ0n) is 13.1. The van der Waals surface area contributed by atoms with Crippen LogP contribution in [0.3, 0.4) is 0 Å². The van der Waals surface area contributed by atoms with Gasteiger partial charge >= 0.3 is 0 Å². The summed E-state index contributed by atoms with van der Waals surface area (Å²) in [5.74, 6) is 1.15. The lowest BCUT2D eigenvalue weighted by atomic mass is 10.1. The van der Waals surface area contributed by atoms with Crippen LogP contribution < -0.4 is 0 Å². The van der Waals surface area contributed by atoms with Crippen LogP contribution in [0.25, 0.3) is 27.1 Å². The molecule has 0 atom stereocenters. The SMILES string of the molecule is CC(C)c1cc(-c2nn3c(-c4ccccc4)nnc3s2)n(C)n1. The lowest BCUT2D eigenvalue weighted by Crippen LogP contribution is -1.96. The van der Waals surface area contributed by atoms with E-state index in [0.29, 0.717) is 5.92 Å². The third-order valence-corrected chi connectivity index (χ3v) is 4.65. The highest BCUT2D eigenvalue weighted by atomic mass is 32.1. The number of rotatable bonds is 3. The molecule has 23 heavy (non-hydrogen) atoms. The first-order valence-electron chi connectivity index (χ1n) is 7.45. The number of hydrogen-bond acceptors (Lipinski definition) is 5. The molecular weight excluding hydrogens is 308 g/mol. The van der Waals surface area contributed by atoms with Crippen molar-refractivity contribution >= 4 is 16.3 Å². The molecule has 3 heterocycles. The minimum atomic E-state index is 0.389. The smallest absolute Gasteiger partial charge is 0.235 e. The van der Waals surface area contributed by atoms with Gasteiger partial charge in [-0.05, 0) is 12.0 Å². The van der Waals surface area contributed by atoms with Crippen LogP contribution in [0.4, 0.5) is 0 Å². The number of hydrogen-bond donors (Lipinski definition) is 0. The molecule has 0 aliphatic rings. The minimum Gasteiger partial charge on any atom is -0.265 e. The Hall–Kier alpha value is -2.54. The maximum Gasteiger partial charge on any atom is 0.235 e. The predicted molar refractivity (Wildman–Crippen MR) is 90.4 cm³/mol. The summed E-state index contributed by atoms with van der Waals surface area (Å²) in [6.07, 6.45) is 0. The van der Waals surface area contributed by atoms with Gasteiger partial charge in [0.05, 0.1) is 11.4 Å². The summed E-state index contributed by atoms with van der Waals surface area (Å²) in [5.41, 5.74) is 3.07. The molecule has 4 rings (SSSR count). The third kappa shape index (κ3) is 2.33. The molecule has 4 aromatic rings. The Balaban J connectivity index is 1.83. The first-order chi connectivity index (χ1) is 11.1. The second kappa shape index (κ2) is 5.27. The second-order valence-electron chi connectivity index (χ2n) is 5.72. The van der Waals surface area contributed by atoms with E-state index in [0.717, 1.165) is 32.7 Å². The van der Waals surface area contributed by atoms with Crippen LogP contribution in [-0.2, 0) is 7.05 Å². The van der Waals surface area contributed by atoms with Gasteiger partial charge in [0, 0.05) is 12.6 Å². The fourth-order valence-corrected chi connectivity index (χ4v) is 3.35. The van der Waals surface area contributed by atoms with Crippen LogP contribution in [0.1, 0.15) is 25.5 Å². The topological polar surface area (TPSA) is 60.9 Å². The van der Waals surface area contributed by atoms with Gasteiger partial charge in [-0.15, -0.1) is 10.2 Å². The molecule has 3 aromatic heterocycles. The summed E-state index contributed by atoms with van der Waals surface area (Å²) in [5, 5.41) is 18.7. The molecule has 0 radical (unpaired) electrons. The van der Waals surface area contributed by atoms with Crippen molar-refractivity contribution < 1.29 is 0 Å². The Morgan fingerprint density at radius 2 is 1.83 bits per heavy atom. The molecule has 1 aromatic carbocycles. The number of benzene rings is 1. The summed E-state index contributed by atoms with van der Waals surface area (Å²) >= 11 is 1.52. The number of aromatic nitrogens is 6. The van der Waals surface area contributed by atoms with Gasteiger partial charge in [-0.1, -0.05) is 55.5 Å². The number of aryl methyl sites for hydroxylation is 1. The van der Waals surface area contributed by atoms with E-state index < -0.39 is 0 Å². The van der Waals surface area contributed by atoms with E-state index in [1.54, 1.807) is 4.52 Å². The highest BCUT2D eigenvalue weighted by molar-refractivity contribution is 7.19. The van der Waals surface area contributed by atoms with Crippen molar-refractivity contribution in [2.24, 2.45) is 7.05 Å². The summed E-state index contributed by atoms with van der Waals surface area (Å²) in [7, 11) is 1.95. The van der Waals surface area contributed by atoms with Crippen molar-refractivity contribution in [2.45, 2.75) is 19.8 Å². The Morgan fingerprint density at radius 3 is 2.52 bits per heavy atom. The van der Waals surface area contributed by atoms with Crippen molar-refractivity contribution in [3.8, 4) is 22.1 Å². The van der Waals surface area contributed by atoms with Crippen LogP contribution in [0, 0.1) is 0 Å². The van der Waals surface area contributed by atoms with Gasteiger partial charge in [-0.3, -0.25) is 4.68 Å². The lowest BCUT2D eigenvalue weighted by Gasteiger charge is -1.96. The molecule has 7 heteroatoms. The highest BCUT2D eigenvalue weighted by Gasteiger charge is 2.17. The van der Waals surface area contributed by atoms with Crippen molar-refractivity contribution in [2.75, 3.05) is 0 Å². The normalized spacial score (nSPS) is 11.7. The quantitative estimate of drug-likeness (QED) is 0.579. The van der Waals surface area contributed by atoms with E-state index in [1.807, 2.05) is 42.1 Å². The van der Waals surface area contributed by atoms with E-state index in [4.69, 9.17) is 5.10 Å². The average Bonchev–Trinajstić information content (AvgIpc) is 3.21. The molecular formula is C16H16N6S. The molecule has 0 spiro atoms. The van der Waals surface area contributed by atoms with Gasteiger partial charge in [-0.25, -0.2) is 0 Å². The van der Waals surface area contributed by atoms with E-state index in [-0.39, 0.29) is 0 Å². The first kappa shape index (κ1) is 14.1. The van der Waals surface area contributed by atoms with Crippen LogP contribution >= 0.6 is 11.3 Å². The van der Waals surface area contributed by atoms with Gasteiger partial charge in [0.2, 0.25) is 4.96 Å². The molecule has 0 amide bonds. The molecule has 0 saturated carbocycles. The first-order valence-corrected chi connectivity index (χ1v) is 8.27. The molecule has 0 aliphatic carbocycles. The third-order valence-electron chi connectivity index (χ3n) is 3.73. The highest BCUT2D eigenvalue weighted by Crippen LogP contribution is 2.29. The minimum absolute atomic E-state index is 0.389. The Kier molecular flexibility index (Phi) is 3.23. The maximum absolute atomic E-state index is 4.70. The summed E-state index contributed by atoms with van der Waals surface area (Å²) < 4.78 is 3.68. The number of nitrogens with zero attached hydrogens (tertiary/aromatic N) is 6. The molecule has 0 bridgehead atoms. The fraction of sp³-hybridized carbons (Fsp3) is 0.250. The molecule has 0 aliphatic heterocycles. The van der Waals surface area contributed by atoms with E-state index in [1.165, 1.54) is 11.3 Å². The van der Waals surface area contributed by atoms with Crippen LogP contribution in [-0.4, -0.2) is 29.6 Å². The zero-order chi connectivity index (χ0) is 16.0. The van der Waals surface area contributed by atoms with Gasteiger partial charge in [0.1, 0.15) is 0 Å². The summed E-state index contributed by atoms with van der Waals surface area (Å²) in [6.45, 7) is 4.27. The summed E-state index contributed by atoms with van der Waals surface area (Å²) in [6, 6.07) is 12.1. The predicted octanol–water partition coefficient (Wildman–Crippen LogP) is 3.38. The van der Waals surface area contributed by atoms with Gasteiger partial charge < -0.3 is 0 Å². The van der Waals surface area contributed by atoms with Gasteiger partial charge in [-0.2, -0.15) is 14.7 Å². The van der Waals surface area contributed by atoms with E-state index in [2.05, 4.69) is 35.2 Å². The van der Waals surface area contributed by atoms with Crippen molar-refractivity contribution in [3.63, 3.8) is 0 Å². The molecule has 0 fully saturated rings. The van der Waals surface area contributed by atoms with Gasteiger partial charge in [0.15, 0.2) is 10.8 Å². The van der Waals surface area contributed by atoms with Crippen LogP contribution in [0.5, 0.6) is 0 Å². The maximum atomic E-state index is 4.70. The Morgan fingerprint density at radius 1 is 1.04 bits per heavy atom. The van der Waals surface area contributed by atoms with Crippen molar-refractivity contribution in [1.29, 1.82) is 0 Å². The zero-order valence-corrected chi connectivity index (χ0v) is 13.9. The van der Waals surface area contributed by atoms with Crippen molar-refractivity contribution in [3.05, 3.63) is 42.1 Å². The Labute approximate surface area is 137 Å². The molecule has 6 nitrogen and oxygen atoms in total. The van der Waals surface area contributed by atoms with E-state index in [9.17, 15) is 0 Å². The second-order valence-corrected chi connectivity index (χ2v) is 6.68.